The molecule has 0 amide bonds. The molecule has 0 aliphatic heterocycles. The van der Waals surface area contributed by atoms with Gasteiger partial charge in [-0.05, 0) is 17.7 Å². The van der Waals surface area contributed by atoms with Gasteiger partial charge in [0.05, 0.1) is 24.2 Å². The first-order valence-electron chi connectivity index (χ1n) is 4.80. The number of hydrogen-bond donors (Lipinski definition) is 0. The average molecular weight is 258 g/mol. The molecule has 0 heterocycles. The predicted molar refractivity (Wildman–Crippen MR) is 61.6 cm³/mol. The van der Waals surface area contributed by atoms with Crippen molar-refractivity contribution >= 4 is 15.8 Å². The Morgan fingerprint density at radius 2 is 1.94 bits per heavy atom. The Balaban J connectivity index is 3.34. The summed E-state index contributed by atoms with van der Waals surface area (Å²) in [5, 5.41) is 0. The van der Waals surface area contributed by atoms with Crippen LogP contribution in [0.4, 0.5) is 0 Å². The largest absolute Gasteiger partial charge is 0.465 e. The molecule has 0 radical (unpaired) electrons. The van der Waals surface area contributed by atoms with Gasteiger partial charge in [0.1, 0.15) is 0 Å². The molecule has 0 saturated carbocycles. The highest BCUT2D eigenvalue weighted by molar-refractivity contribution is 7.90. The van der Waals surface area contributed by atoms with Crippen molar-refractivity contribution in [1.29, 1.82) is 0 Å². The molecule has 0 aliphatic rings. The molecule has 17 heavy (non-hydrogen) atoms. The second-order valence-corrected chi connectivity index (χ2v) is 5.50. The van der Waals surface area contributed by atoms with Crippen molar-refractivity contribution in [2.75, 3.05) is 20.5 Å². The SMILES string of the molecule is COCc1ccc(C(=O)OC)cc1S(C)(=O)=O. The fraction of sp³-hybridized carbons (Fsp3) is 0.364. The third kappa shape index (κ3) is 3.28. The number of benzene rings is 1. The maximum Gasteiger partial charge on any atom is 0.337 e. The van der Waals surface area contributed by atoms with Gasteiger partial charge in [-0.2, -0.15) is 0 Å². The normalized spacial score (nSPS) is 11.2. The molecule has 0 aromatic heterocycles. The summed E-state index contributed by atoms with van der Waals surface area (Å²) >= 11 is 0. The lowest BCUT2D eigenvalue weighted by atomic mass is 10.1. The lowest BCUT2D eigenvalue weighted by molar-refractivity contribution is 0.0600. The molecule has 1 aromatic carbocycles. The molecular weight excluding hydrogens is 244 g/mol. The highest BCUT2D eigenvalue weighted by Crippen LogP contribution is 2.19. The fourth-order valence-electron chi connectivity index (χ4n) is 1.42. The van der Waals surface area contributed by atoms with Gasteiger partial charge >= 0.3 is 5.97 Å². The molecule has 1 aromatic rings. The van der Waals surface area contributed by atoms with Crippen LogP contribution in [0.15, 0.2) is 23.1 Å². The Morgan fingerprint density at radius 3 is 2.41 bits per heavy atom. The molecule has 5 nitrogen and oxygen atoms in total. The maximum atomic E-state index is 11.6. The summed E-state index contributed by atoms with van der Waals surface area (Å²) in [5.74, 6) is -0.570. The Bertz CT molecular complexity index is 519. The van der Waals surface area contributed by atoms with Gasteiger partial charge in [0.15, 0.2) is 9.84 Å². The van der Waals surface area contributed by atoms with Gasteiger partial charge < -0.3 is 9.47 Å². The number of rotatable bonds is 4. The minimum absolute atomic E-state index is 0.0854. The number of carbonyl (C=O) groups is 1. The van der Waals surface area contributed by atoms with Gasteiger partial charge in [-0.25, -0.2) is 13.2 Å². The molecule has 0 atom stereocenters. The van der Waals surface area contributed by atoms with E-state index < -0.39 is 15.8 Å². The van der Waals surface area contributed by atoms with E-state index in [0.29, 0.717) is 5.56 Å². The summed E-state index contributed by atoms with van der Waals surface area (Å²) in [6.45, 7) is 0.170. The quantitative estimate of drug-likeness (QED) is 0.754. The van der Waals surface area contributed by atoms with E-state index in [4.69, 9.17) is 4.74 Å². The number of ether oxygens (including phenoxy) is 2. The Hall–Kier alpha value is -1.40. The molecule has 0 aliphatic carbocycles. The topological polar surface area (TPSA) is 69.7 Å². The van der Waals surface area contributed by atoms with E-state index in [2.05, 4.69) is 4.74 Å². The molecule has 6 heteroatoms. The molecule has 0 bridgehead atoms. The van der Waals surface area contributed by atoms with Crippen LogP contribution in [0.3, 0.4) is 0 Å². The number of methoxy groups -OCH3 is 2. The highest BCUT2D eigenvalue weighted by atomic mass is 32.2. The second kappa shape index (κ2) is 5.29. The number of hydrogen-bond acceptors (Lipinski definition) is 5. The van der Waals surface area contributed by atoms with Crippen molar-refractivity contribution < 1.29 is 22.7 Å². The van der Waals surface area contributed by atoms with Gasteiger partial charge in [-0.1, -0.05) is 6.07 Å². The predicted octanol–water partition coefficient (Wildman–Crippen LogP) is 1.02. The summed E-state index contributed by atoms with van der Waals surface area (Å²) in [6, 6.07) is 4.36. The van der Waals surface area contributed by atoms with E-state index in [0.717, 1.165) is 6.26 Å². The second-order valence-electron chi connectivity index (χ2n) is 3.52. The van der Waals surface area contributed by atoms with Gasteiger partial charge in [0.2, 0.25) is 0 Å². The van der Waals surface area contributed by atoms with Crippen LogP contribution in [0, 0.1) is 0 Å². The summed E-state index contributed by atoms with van der Waals surface area (Å²) < 4.78 is 32.6. The van der Waals surface area contributed by atoms with Crippen LogP contribution in [0.2, 0.25) is 0 Å². The van der Waals surface area contributed by atoms with E-state index in [1.165, 1.54) is 26.4 Å². The number of esters is 1. The third-order valence-corrected chi connectivity index (χ3v) is 3.37. The molecule has 1 rings (SSSR count). The molecule has 0 saturated heterocycles. The van der Waals surface area contributed by atoms with Crippen LogP contribution < -0.4 is 0 Å². The Labute approximate surface area is 100 Å². The zero-order chi connectivity index (χ0) is 13.1. The van der Waals surface area contributed by atoms with Gasteiger partial charge in [0.25, 0.3) is 0 Å². The lowest BCUT2D eigenvalue weighted by Crippen LogP contribution is -2.08. The number of carbonyl (C=O) groups excluding carboxylic acids is 1. The fourth-order valence-corrected chi connectivity index (χ4v) is 2.36. The first-order chi connectivity index (χ1) is 7.90. The van der Waals surface area contributed by atoms with Crippen molar-refractivity contribution in [2.45, 2.75) is 11.5 Å². The zero-order valence-electron chi connectivity index (χ0n) is 9.89. The summed E-state index contributed by atoms with van der Waals surface area (Å²) in [4.78, 5) is 11.4. The first kappa shape index (κ1) is 13.7. The van der Waals surface area contributed by atoms with Crippen LogP contribution in [-0.4, -0.2) is 34.9 Å². The average Bonchev–Trinajstić information content (AvgIpc) is 2.27. The molecule has 0 fully saturated rings. The van der Waals surface area contributed by atoms with Gasteiger partial charge in [-0.3, -0.25) is 0 Å². The Kier molecular flexibility index (Phi) is 4.25. The summed E-state index contributed by atoms with van der Waals surface area (Å²) in [5.41, 5.74) is 0.718. The summed E-state index contributed by atoms with van der Waals surface area (Å²) in [6.07, 6.45) is 1.09. The van der Waals surface area contributed by atoms with E-state index >= 15 is 0 Å². The van der Waals surface area contributed by atoms with E-state index in [1.807, 2.05) is 0 Å². The van der Waals surface area contributed by atoms with Crippen molar-refractivity contribution in [3.05, 3.63) is 29.3 Å². The van der Waals surface area contributed by atoms with Crippen LogP contribution in [0.25, 0.3) is 0 Å². The minimum Gasteiger partial charge on any atom is -0.465 e. The smallest absolute Gasteiger partial charge is 0.337 e. The van der Waals surface area contributed by atoms with Crippen molar-refractivity contribution in [3.63, 3.8) is 0 Å². The number of sulfone groups is 1. The van der Waals surface area contributed by atoms with Gasteiger partial charge in [0, 0.05) is 13.4 Å². The monoisotopic (exact) mass is 258 g/mol. The molecular formula is C11H14O5S. The Morgan fingerprint density at radius 1 is 1.29 bits per heavy atom. The van der Waals surface area contributed by atoms with Crippen molar-refractivity contribution in [3.8, 4) is 0 Å². The van der Waals surface area contributed by atoms with E-state index in [-0.39, 0.29) is 17.1 Å². The highest BCUT2D eigenvalue weighted by Gasteiger charge is 2.16. The minimum atomic E-state index is -3.41. The van der Waals surface area contributed by atoms with Gasteiger partial charge in [-0.15, -0.1) is 0 Å². The van der Waals surface area contributed by atoms with Crippen molar-refractivity contribution in [2.24, 2.45) is 0 Å². The molecule has 0 N–H and O–H groups in total. The van der Waals surface area contributed by atoms with Crippen LogP contribution in [0.1, 0.15) is 15.9 Å². The maximum absolute atomic E-state index is 11.6. The molecule has 94 valence electrons. The summed E-state index contributed by atoms with van der Waals surface area (Å²) in [7, 11) is -0.694. The van der Waals surface area contributed by atoms with E-state index in [9.17, 15) is 13.2 Å². The zero-order valence-corrected chi connectivity index (χ0v) is 10.7. The van der Waals surface area contributed by atoms with Crippen LogP contribution >= 0.6 is 0 Å². The lowest BCUT2D eigenvalue weighted by Gasteiger charge is -2.08. The van der Waals surface area contributed by atoms with E-state index in [1.54, 1.807) is 6.07 Å². The van der Waals surface area contributed by atoms with Crippen molar-refractivity contribution in [1.82, 2.24) is 0 Å². The third-order valence-electron chi connectivity index (χ3n) is 2.19. The standard InChI is InChI=1S/C11H14O5S/c1-15-7-9-5-4-8(11(12)16-2)6-10(9)17(3,13)14/h4-6H,7H2,1-3H3. The first-order valence-corrected chi connectivity index (χ1v) is 6.69. The molecule has 0 unspecified atom stereocenters. The van der Waals surface area contributed by atoms with Crippen LogP contribution in [-0.2, 0) is 25.9 Å². The molecule has 0 spiro atoms. The van der Waals surface area contributed by atoms with Crippen LogP contribution in [0.5, 0.6) is 0 Å².